The van der Waals surface area contributed by atoms with Gasteiger partial charge in [-0.25, -0.2) is 0 Å². The van der Waals surface area contributed by atoms with E-state index >= 15 is 0 Å². The molecule has 1 aliphatic carbocycles. The highest BCUT2D eigenvalue weighted by atomic mass is 16.2. The molecule has 4 nitrogen and oxygen atoms in total. The van der Waals surface area contributed by atoms with Crippen LogP contribution in [0.4, 0.5) is 0 Å². The first kappa shape index (κ1) is 12.8. The van der Waals surface area contributed by atoms with Crippen molar-refractivity contribution in [1.82, 2.24) is 9.80 Å². The number of carbonyl (C=O) groups is 1. The molecule has 1 saturated carbocycles. The molecule has 0 aromatic carbocycles. The summed E-state index contributed by atoms with van der Waals surface area (Å²) in [6.45, 7) is 6.01. The fourth-order valence-corrected chi connectivity index (χ4v) is 2.48. The maximum Gasteiger partial charge on any atom is 0.225 e. The Hall–Kier alpha value is -0.610. The molecule has 0 radical (unpaired) electrons. The maximum atomic E-state index is 12.0. The van der Waals surface area contributed by atoms with E-state index in [-0.39, 0.29) is 0 Å². The molecule has 0 spiro atoms. The molecule has 98 valence electrons. The molecule has 0 bridgehead atoms. The van der Waals surface area contributed by atoms with Crippen LogP contribution in [0.2, 0.25) is 0 Å². The molecule has 1 saturated heterocycles. The van der Waals surface area contributed by atoms with Gasteiger partial charge in [0.15, 0.2) is 0 Å². The molecule has 1 aliphatic heterocycles. The Morgan fingerprint density at radius 1 is 1.12 bits per heavy atom. The van der Waals surface area contributed by atoms with Crippen LogP contribution in [0.5, 0.6) is 0 Å². The summed E-state index contributed by atoms with van der Waals surface area (Å²) in [4.78, 5) is 16.5. The molecule has 2 N–H and O–H groups in total. The van der Waals surface area contributed by atoms with Gasteiger partial charge < -0.3 is 15.5 Å². The third-order valence-corrected chi connectivity index (χ3v) is 3.76. The molecule has 4 heteroatoms. The van der Waals surface area contributed by atoms with Crippen LogP contribution < -0.4 is 5.73 Å². The molecule has 0 atom stereocenters. The van der Waals surface area contributed by atoms with Gasteiger partial charge in [0.25, 0.3) is 0 Å². The number of carbonyl (C=O) groups excluding carboxylic acids is 1. The van der Waals surface area contributed by atoms with E-state index in [1.54, 1.807) is 0 Å². The zero-order chi connectivity index (χ0) is 12.1. The minimum atomic E-state index is 0.374. The predicted molar refractivity (Wildman–Crippen MR) is 68.6 cm³/mol. The quantitative estimate of drug-likeness (QED) is 0.717. The van der Waals surface area contributed by atoms with E-state index in [1.165, 1.54) is 6.42 Å². The maximum absolute atomic E-state index is 12.0. The van der Waals surface area contributed by atoms with Gasteiger partial charge in [0.2, 0.25) is 5.91 Å². The summed E-state index contributed by atoms with van der Waals surface area (Å²) >= 11 is 0. The van der Waals surface area contributed by atoms with Crippen molar-refractivity contribution in [2.24, 2.45) is 11.7 Å². The number of hydrogen-bond donors (Lipinski definition) is 1. The first-order chi connectivity index (χ1) is 8.31. The minimum absolute atomic E-state index is 0.374. The Bertz CT molecular complexity index is 253. The fraction of sp³-hybridized carbons (Fsp3) is 0.923. The van der Waals surface area contributed by atoms with Gasteiger partial charge >= 0.3 is 0 Å². The van der Waals surface area contributed by atoms with Crippen molar-refractivity contribution in [3.63, 3.8) is 0 Å². The predicted octanol–water partition coefficient (Wildman–Crippen LogP) is 0.670. The Labute approximate surface area is 104 Å². The fourth-order valence-electron chi connectivity index (χ4n) is 2.48. The van der Waals surface area contributed by atoms with Crippen LogP contribution >= 0.6 is 0 Å². The van der Waals surface area contributed by atoms with Crippen molar-refractivity contribution >= 4 is 5.91 Å². The van der Waals surface area contributed by atoms with E-state index in [0.29, 0.717) is 11.8 Å². The summed E-state index contributed by atoms with van der Waals surface area (Å²) in [5.41, 5.74) is 5.51. The Morgan fingerprint density at radius 3 is 2.65 bits per heavy atom. The molecule has 0 aromatic heterocycles. The average Bonchev–Trinajstić information content (AvgIpc) is 3.16. The van der Waals surface area contributed by atoms with Crippen LogP contribution in [-0.4, -0.2) is 55.0 Å². The lowest BCUT2D eigenvalue weighted by atomic mass is 10.3. The first-order valence-electron chi connectivity index (χ1n) is 7.02. The molecule has 17 heavy (non-hydrogen) atoms. The van der Waals surface area contributed by atoms with E-state index in [9.17, 15) is 4.79 Å². The number of amides is 1. The summed E-state index contributed by atoms with van der Waals surface area (Å²) in [6.07, 6.45) is 5.67. The second-order valence-corrected chi connectivity index (χ2v) is 5.29. The van der Waals surface area contributed by atoms with Gasteiger partial charge in [-0.1, -0.05) is 0 Å². The number of hydrogen-bond acceptors (Lipinski definition) is 3. The number of nitrogens with zero attached hydrogens (tertiary/aromatic N) is 2. The second-order valence-electron chi connectivity index (χ2n) is 5.29. The summed E-state index contributed by atoms with van der Waals surface area (Å²) in [6, 6.07) is 0. The third-order valence-electron chi connectivity index (χ3n) is 3.76. The molecule has 1 heterocycles. The van der Waals surface area contributed by atoms with Crippen molar-refractivity contribution in [3.05, 3.63) is 0 Å². The smallest absolute Gasteiger partial charge is 0.225 e. The lowest BCUT2D eigenvalue weighted by Gasteiger charge is -2.21. The molecule has 1 amide bonds. The van der Waals surface area contributed by atoms with Crippen LogP contribution in [-0.2, 0) is 4.79 Å². The minimum Gasteiger partial charge on any atom is -0.341 e. The molecule has 2 aliphatic rings. The Balaban J connectivity index is 1.70. The van der Waals surface area contributed by atoms with E-state index in [4.69, 9.17) is 5.73 Å². The normalized spacial score (nSPS) is 22.5. The van der Waals surface area contributed by atoms with Crippen molar-refractivity contribution in [2.45, 2.75) is 32.1 Å². The SMILES string of the molecule is NCCCCN1CCCN(C(=O)C2CC2)CC1. The van der Waals surface area contributed by atoms with Gasteiger partial charge in [0, 0.05) is 25.6 Å². The Kier molecular flexibility index (Phi) is 4.80. The van der Waals surface area contributed by atoms with Gasteiger partial charge in [0.05, 0.1) is 0 Å². The first-order valence-corrected chi connectivity index (χ1v) is 7.02. The van der Waals surface area contributed by atoms with E-state index in [1.807, 2.05) is 0 Å². The number of unbranched alkanes of at least 4 members (excludes halogenated alkanes) is 1. The van der Waals surface area contributed by atoms with Gasteiger partial charge in [-0.3, -0.25) is 4.79 Å². The highest BCUT2D eigenvalue weighted by Gasteiger charge is 2.33. The van der Waals surface area contributed by atoms with Gasteiger partial charge in [0.1, 0.15) is 0 Å². The highest BCUT2D eigenvalue weighted by Crippen LogP contribution is 2.31. The topological polar surface area (TPSA) is 49.6 Å². The van der Waals surface area contributed by atoms with E-state index in [2.05, 4.69) is 9.80 Å². The summed E-state index contributed by atoms with van der Waals surface area (Å²) < 4.78 is 0. The molecule has 2 fully saturated rings. The average molecular weight is 239 g/mol. The lowest BCUT2D eigenvalue weighted by Crippen LogP contribution is -2.36. The lowest BCUT2D eigenvalue weighted by molar-refractivity contribution is -0.132. The second kappa shape index (κ2) is 6.36. The van der Waals surface area contributed by atoms with Gasteiger partial charge in [-0.05, 0) is 51.7 Å². The zero-order valence-electron chi connectivity index (χ0n) is 10.7. The van der Waals surface area contributed by atoms with Crippen LogP contribution in [0.25, 0.3) is 0 Å². The van der Waals surface area contributed by atoms with E-state index in [0.717, 1.165) is 65.0 Å². The van der Waals surface area contributed by atoms with Crippen LogP contribution in [0.15, 0.2) is 0 Å². The van der Waals surface area contributed by atoms with Crippen molar-refractivity contribution in [1.29, 1.82) is 0 Å². The van der Waals surface area contributed by atoms with Crippen LogP contribution in [0.3, 0.4) is 0 Å². The number of nitrogens with two attached hydrogens (primary N) is 1. The zero-order valence-corrected chi connectivity index (χ0v) is 10.7. The van der Waals surface area contributed by atoms with Crippen LogP contribution in [0.1, 0.15) is 32.1 Å². The molecule has 0 unspecified atom stereocenters. The number of rotatable bonds is 5. The van der Waals surface area contributed by atoms with Gasteiger partial charge in [-0.15, -0.1) is 0 Å². The molecular formula is C13H25N3O. The summed E-state index contributed by atoms with van der Waals surface area (Å²) in [5.74, 6) is 0.785. The van der Waals surface area contributed by atoms with Crippen LogP contribution in [0, 0.1) is 5.92 Å². The Morgan fingerprint density at radius 2 is 1.94 bits per heavy atom. The van der Waals surface area contributed by atoms with E-state index < -0.39 is 0 Å². The standard InChI is InChI=1S/C13H25N3O/c14-6-1-2-7-15-8-3-9-16(11-10-15)13(17)12-4-5-12/h12H,1-11,14H2. The largest absolute Gasteiger partial charge is 0.341 e. The van der Waals surface area contributed by atoms with Crippen molar-refractivity contribution in [2.75, 3.05) is 39.3 Å². The molecule has 0 aromatic rings. The highest BCUT2D eigenvalue weighted by molar-refractivity contribution is 5.81. The van der Waals surface area contributed by atoms with Crippen molar-refractivity contribution < 1.29 is 4.79 Å². The van der Waals surface area contributed by atoms with Gasteiger partial charge in [-0.2, -0.15) is 0 Å². The monoisotopic (exact) mass is 239 g/mol. The summed E-state index contributed by atoms with van der Waals surface area (Å²) in [7, 11) is 0. The summed E-state index contributed by atoms with van der Waals surface area (Å²) in [5, 5.41) is 0. The third kappa shape index (κ3) is 3.96. The van der Waals surface area contributed by atoms with Crippen molar-refractivity contribution in [3.8, 4) is 0 Å². The molecular weight excluding hydrogens is 214 g/mol. The molecule has 2 rings (SSSR count).